The molecule has 2 atom stereocenters. The van der Waals surface area contributed by atoms with Crippen molar-refractivity contribution in [3.63, 3.8) is 0 Å². The molecule has 68 heavy (non-hydrogen) atoms. The number of carbonyl (C=O) groups excluding carboxylic acids is 4. The first kappa shape index (κ1) is 47.2. The first-order valence-corrected chi connectivity index (χ1v) is 23.6. The molecule has 9 rings (SSSR count). The zero-order valence-electron chi connectivity index (χ0n) is 37.2. The summed E-state index contributed by atoms with van der Waals surface area (Å²) in [5.74, 6) is -1.77. The van der Waals surface area contributed by atoms with Crippen LogP contribution < -0.4 is 5.32 Å². The predicted octanol–water partition coefficient (Wildman–Crippen LogP) is 8.69. The number of nitrogens with one attached hydrogen (secondary N) is 1. The average Bonchev–Trinajstić information content (AvgIpc) is 4.00. The Kier molecular flexibility index (Phi) is 15.2. The summed E-state index contributed by atoms with van der Waals surface area (Å²) in [5.41, 5.74) is 10.2. The Bertz CT molecular complexity index is 2750. The monoisotopic (exact) mass is 938 g/mol. The van der Waals surface area contributed by atoms with Gasteiger partial charge < -0.3 is 29.0 Å². The molecule has 6 aromatic carbocycles. The third-order valence-electron chi connectivity index (χ3n) is 11.7. The Morgan fingerprint density at radius 3 is 1.53 bits per heavy atom. The first-order valence-electron chi connectivity index (χ1n) is 22.3. The van der Waals surface area contributed by atoms with Gasteiger partial charge in [0.1, 0.15) is 33.0 Å². The SMILES string of the molecule is CCCOC[C@H](NC(=O)OCC1c2ccccc2-c2ccccc21)C(=O)OCc1ccccc1.O=C(OCc1ccccc1)[C@@H]1COS(=O)(=O)N1C(=O)OCC1c2ccccc2-c2ccccc21. The molecule has 3 aliphatic rings. The summed E-state index contributed by atoms with van der Waals surface area (Å²) in [6.45, 7) is 2.08. The number of nitrogens with zero attached hydrogens (tertiary/aromatic N) is 1. The molecule has 0 spiro atoms. The number of hydrogen-bond donors (Lipinski definition) is 1. The van der Waals surface area contributed by atoms with E-state index in [9.17, 15) is 27.6 Å². The molecular weight excluding hydrogens is 889 g/mol. The number of fused-ring (bicyclic) bond motifs is 6. The van der Waals surface area contributed by atoms with E-state index < -0.39 is 53.1 Å². The lowest BCUT2D eigenvalue weighted by atomic mass is 9.98. The lowest BCUT2D eigenvalue weighted by molar-refractivity contribution is -0.149. The van der Waals surface area contributed by atoms with Gasteiger partial charge in [0.05, 0.1) is 6.61 Å². The van der Waals surface area contributed by atoms with Crippen molar-refractivity contribution in [2.45, 2.75) is 50.5 Å². The molecule has 1 saturated heterocycles. The molecule has 15 heteroatoms. The highest BCUT2D eigenvalue weighted by Gasteiger charge is 2.49. The molecular formula is C53H50N2O12S. The van der Waals surface area contributed by atoms with Crippen molar-refractivity contribution in [3.05, 3.63) is 191 Å². The van der Waals surface area contributed by atoms with Gasteiger partial charge in [0.2, 0.25) is 0 Å². The number of carbonyl (C=O) groups is 4. The largest absolute Gasteiger partial charge is 0.459 e. The van der Waals surface area contributed by atoms with E-state index in [2.05, 4.69) is 29.6 Å². The van der Waals surface area contributed by atoms with Gasteiger partial charge in [-0.3, -0.25) is 4.18 Å². The van der Waals surface area contributed by atoms with Crippen LogP contribution in [0, 0.1) is 0 Å². The molecule has 0 radical (unpaired) electrons. The summed E-state index contributed by atoms with van der Waals surface area (Å²) < 4.78 is 57.0. The maximum Gasteiger partial charge on any atom is 0.426 e. The fourth-order valence-electron chi connectivity index (χ4n) is 8.42. The summed E-state index contributed by atoms with van der Waals surface area (Å²) in [6, 6.07) is 47.7. The van der Waals surface area contributed by atoms with E-state index in [4.69, 9.17) is 27.9 Å². The van der Waals surface area contributed by atoms with Gasteiger partial charge in [-0.2, -0.15) is 12.7 Å². The fourth-order valence-corrected chi connectivity index (χ4v) is 9.53. The fraction of sp³-hybridized carbons (Fsp3) is 0.245. The summed E-state index contributed by atoms with van der Waals surface area (Å²) in [7, 11) is -4.47. The Balaban J connectivity index is 0.000000184. The molecule has 1 heterocycles. The van der Waals surface area contributed by atoms with Crippen molar-refractivity contribution in [2.24, 2.45) is 0 Å². The molecule has 1 N–H and O–H groups in total. The topological polar surface area (TPSA) is 173 Å². The van der Waals surface area contributed by atoms with E-state index in [0.717, 1.165) is 62.1 Å². The highest BCUT2D eigenvalue weighted by molar-refractivity contribution is 7.85. The number of hydrogen-bond acceptors (Lipinski definition) is 12. The van der Waals surface area contributed by atoms with Crippen molar-refractivity contribution < 1.29 is 55.5 Å². The first-order chi connectivity index (χ1) is 33.1. The number of ether oxygens (including phenoxy) is 5. The maximum atomic E-state index is 12.9. The Labute approximate surface area is 395 Å². The number of alkyl carbamates (subject to hydrolysis) is 1. The van der Waals surface area contributed by atoms with E-state index >= 15 is 0 Å². The highest BCUT2D eigenvalue weighted by atomic mass is 32.2. The Morgan fingerprint density at radius 2 is 1.04 bits per heavy atom. The van der Waals surface area contributed by atoms with E-state index in [1.165, 1.54) is 0 Å². The average molecular weight is 939 g/mol. The highest BCUT2D eigenvalue weighted by Crippen LogP contribution is 2.46. The maximum absolute atomic E-state index is 12.9. The number of benzene rings is 6. The van der Waals surface area contributed by atoms with Gasteiger partial charge in [-0.05, 0) is 62.1 Å². The summed E-state index contributed by atoms with van der Waals surface area (Å²) in [4.78, 5) is 50.8. The van der Waals surface area contributed by atoms with Crippen molar-refractivity contribution >= 4 is 34.4 Å². The van der Waals surface area contributed by atoms with Crippen LogP contribution >= 0.6 is 0 Å². The third kappa shape index (κ3) is 10.9. The number of esters is 2. The zero-order chi connectivity index (χ0) is 47.5. The molecule has 0 bridgehead atoms. The molecule has 1 aliphatic heterocycles. The molecule has 0 aromatic heterocycles. The van der Waals surface area contributed by atoms with Gasteiger partial charge in [0.15, 0.2) is 12.1 Å². The minimum Gasteiger partial charge on any atom is -0.459 e. The van der Waals surface area contributed by atoms with Gasteiger partial charge in [-0.15, -0.1) is 0 Å². The lowest BCUT2D eigenvalue weighted by Crippen LogP contribution is -2.45. The van der Waals surface area contributed by atoms with Crippen LogP contribution in [-0.4, -0.2) is 82.0 Å². The van der Waals surface area contributed by atoms with Crippen LogP contribution in [-0.2, 0) is 61.0 Å². The van der Waals surface area contributed by atoms with E-state index in [-0.39, 0.29) is 44.9 Å². The molecule has 1 fully saturated rings. The third-order valence-corrected chi connectivity index (χ3v) is 13.0. The molecule has 0 unspecified atom stereocenters. The smallest absolute Gasteiger partial charge is 0.426 e. The van der Waals surface area contributed by atoms with Gasteiger partial charge in [0, 0.05) is 18.4 Å². The standard InChI is InChI=1S/C28H29NO5.C25H21NO7S/c1-2-16-32-19-26(27(30)33-17-20-10-4-3-5-11-20)29-28(31)34-18-25-23-14-8-6-12-21(23)22-13-7-9-15-24(22)25;27-24(31-14-17-8-2-1-3-9-17)23-16-33-34(29,30)26(23)25(28)32-15-22-20-12-6-4-10-18(20)19-11-5-7-13-21(19)22/h3-15,25-26H,2,16-19H2,1H3,(H,29,31);1-13,22-23H,14-16H2/t26-;23-/m00/s1. The van der Waals surface area contributed by atoms with Crippen LogP contribution in [0.4, 0.5) is 9.59 Å². The lowest BCUT2D eigenvalue weighted by Gasteiger charge is -2.21. The van der Waals surface area contributed by atoms with Crippen molar-refractivity contribution in [2.75, 3.05) is 33.0 Å². The molecule has 14 nitrogen and oxygen atoms in total. The predicted molar refractivity (Wildman–Crippen MR) is 251 cm³/mol. The van der Waals surface area contributed by atoms with Crippen LogP contribution in [0.5, 0.6) is 0 Å². The van der Waals surface area contributed by atoms with Crippen LogP contribution in [0.15, 0.2) is 158 Å². The molecule has 350 valence electrons. The van der Waals surface area contributed by atoms with Crippen LogP contribution in [0.3, 0.4) is 0 Å². The summed E-state index contributed by atoms with van der Waals surface area (Å²) in [6.07, 6.45) is -1.05. The summed E-state index contributed by atoms with van der Waals surface area (Å²) in [5, 5.41) is 2.62. The molecule has 2 aliphatic carbocycles. The van der Waals surface area contributed by atoms with E-state index in [1.807, 2.05) is 116 Å². The minimum atomic E-state index is -4.47. The quantitative estimate of drug-likeness (QED) is 0.0591. The van der Waals surface area contributed by atoms with E-state index in [1.54, 1.807) is 24.3 Å². The second-order valence-corrected chi connectivity index (χ2v) is 17.6. The zero-order valence-corrected chi connectivity index (χ0v) is 38.0. The second-order valence-electron chi connectivity index (χ2n) is 16.1. The van der Waals surface area contributed by atoms with Crippen LogP contribution in [0.2, 0.25) is 0 Å². The number of amides is 2. The van der Waals surface area contributed by atoms with Crippen molar-refractivity contribution in [1.29, 1.82) is 0 Å². The molecule has 6 aromatic rings. The van der Waals surface area contributed by atoms with Gasteiger partial charge in [-0.25, -0.2) is 19.2 Å². The second kappa shape index (κ2) is 22.0. The number of rotatable bonds is 15. The van der Waals surface area contributed by atoms with Crippen LogP contribution in [0.1, 0.15) is 58.6 Å². The Morgan fingerprint density at radius 1 is 0.603 bits per heavy atom. The van der Waals surface area contributed by atoms with Crippen LogP contribution in [0.25, 0.3) is 22.3 Å². The van der Waals surface area contributed by atoms with Crippen molar-refractivity contribution in [1.82, 2.24) is 9.62 Å². The minimum absolute atomic E-state index is 0.0195. The normalized spacial score (nSPS) is 15.6. The summed E-state index contributed by atoms with van der Waals surface area (Å²) >= 11 is 0. The van der Waals surface area contributed by atoms with Gasteiger partial charge >= 0.3 is 34.4 Å². The van der Waals surface area contributed by atoms with Gasteiger partial charge in [0.25, 0.3) is 0 Å². The van der Waals surface area contributed by atoms with Gasteiger partial charge in [-0.1, -0.05) is 165 Å². The van der Waals surface area contributed by atoms with Crippen molar-refractivity contribution in [3.8, 4) is 22.3 Å². The molecule has 0 saturated carbocycles. The molecule has 2 amide bonds. The van der Waals surface area contributed by atoms with E-state index in [0.29, 0.717) is 10.9 Å². The Hall–Kier alpha value is -7.33.